The molecule has 1 aliphatic heterocycles. The predicted octanol–water partition coefficient (Wildman–Crippen LogP) is 3.44. The van der Waals surface area contributed by atoms with Crippen molar-refractivity contribution in [2.24, 2.45) is 5.92 Å². The van der Waals surface area contributed by atoms with E-state index in [4.69, 9.17) is 4.74 Å². The number of ether oxygens (including phenoxy) is 1. The van der Waals surface area contributed by atoms with Crippen LogP contribution >= 0.6 is 0 Å². The maximum Gasteiger partial charge on any atom is 0.338 e. The van der Waals surface area contributed by atoms with Gasteiger partial charge in [-0.2, -0.15) is 0 Å². The lowest BCUT2D eigenvalue weighted by atomic mass is 9.86. The zero-order chi connectivity index (χ0) is 20.8. The third kappa shape index (κ3) is 5.46. The summed E-state index contributed by atoms with van der Waals surface area (Å²) < 4.78 is 5.10. The summed E-state index contributed by atoms with van der Waals surface area (Å²) >= 11 is 0. The molecule has 0 radical (unpaired) electrons. The van der Waals surface area contributed by atoms with Crippen LogP contribution in [0.15, 0.2) is 18.2 Å². The SMILES string of the molecule is C[C@@H]1CCCC[C@H]1NC(=O)COC(=O)c1ccc(N2CCCCC2)c([N+](=O)[O-])c1. The first-order valence-electron chi connectivity index (χ1n) is 10.5. The number of hydrogen-bond donors (Lipinski definition) is 1. The Bertz CT molecular complexity index is 761. The highest BCUT2D eigenvalue weighted by Crippen LogP contribution is 2.31. The molecule has 8 nitrogen and oxygen atoms in total. The van der Waals surface area contributed by atoms with E-state index >= 15 is 0 Å². The molecule has 158 valence electrons. The van der Waals surface area contributed by atoms with Crippen LogP contribution < -0.4 is 10.2 Å². The van der Waals surface area contributed by atoms with Gasteiger partial charge in [0.05, 0.1) is 10.5 Å². The summed E-state index contributed by atoms with van der Waals surface area (Å²) in [4.78, 5) is 37.5. The third-order valence-electron chi connectivity index (χ3n) is 5.90. The lowest BCUT2D eigenvalue weighted by molar-refractivity contribution is -0.384. The van der Waals surface area contributed by atoms with E-state index in [9.17, 15) is 19.7 Å². The Morgan fingerprint density at radius 3 is 2.59 bits per heavy atom. The Morgan fingerprint density at radius 2 is 1.90 bits per heavy atom. The molecule has 8 heteroatoms. The van der Waals surface area contributed by atoms with Crippen LogP contribution in [0.3, 0.4) is 0 Å². The summed E-state index contributed by atoms with van der Waals surface area (Å²) in [5, 5.41) is 14.4. The van der Waals surface area contributed by atoms with Gasteiger partial charge in [-0.25, -0.2) is 4.79 Å². The fourth-order valence-electron chi connectivity index (χ4n) is 4.19. The number of hydrogen-bond acceptors (Lipinski definition) is 6. The molecule has 0 aromatic heterocycles. The summed E-state index contributed by atoms with van der Waals surface area (Å²) in [6, 6.07) is 4.48. The second-order valence-corrected chi connectivity index (χ2v) is 8.02. The van der Waals surface area contributed by atoms with E-state index in [1.165, 1.54) is 18.6 Å². The lowest BCUT2D eigenvalue weighted by Crippen LogP contribution is -2.42. The van der Waals surface area contributed by atoms with E-state index < -0.39 is 10.9 Å². The van der Waals surface area contributed by atoms with Crippen LogP contribution in [-0.4, -0.2) is 42.5 Å². The maximum absolute atomic E-state index is 12.3. The Labute approximate surface area is 170 Å². The summed E-state index contributed by atoms with van der Waals surface area (Å²) in [6.07, 6.45) is 7.39. The van der Waals surface area contributed by atoms with Gasteiger partial charge in [0, 0.05) is 25.2 Å². The highest BCUT2D eigenvalue weighted by Gasteiger charge is 2.25. The van der Waals surface area contributed by atoms with Crippen molar-refractivity contribution >= 4 is 23.3 Å². The van der Waals surface area contributed by atoms with Crippen molar-refractivity contribution in [3.63, 3.8) is 0 Å². The Kier molecular flexibility index (Phi) is 7.06. The van der Waals surface area contributed by atoms with Gasteiger partial charge in [0.1, 0.15) is 5.69 Å². The Morgan fingerprint density at radius 1 is 1.17 bits per heavy atom. The van der Waals surface area contributed by atoms with Crippen molar-refractivity contribution in [3.05, 3.63) is 33.9 Å². The number of nitrogens with one attached hydrogen (secondary N) is 1. The van der Waals surface area contributed by atoms with Gasteiger partial charge < -0.3 is 15.0 Å². The molecule has 1 N–H and O–H groups in total. The lowest BCUT2D eigenvalue weighted by Gasteiger charge is -2.29. The number of nitro groups is 1. The fourth-order valence-corrected chi connectivity index (χ4v) is 4.19. The molecule has 1 aliphatic carbocycles. The van der Waals surface area contributed by atoms with Crippen LogP contribution in [-0.2, 0) is 9.53 Å². The van der Waals surface area contributed by atoms with Crippen LogP contribution in [0.2, 0.25) is 0 Å². The van der Waals surface area contributed by atoms with Gasteiger partial charge in [0.25, 0.3) is 11.6 Å². The molecular formula is C21H29N3O5. The van der Waals surface area contributed by atoms with E-state index in [1.807, 2.05) is 4.90 Å². The molecule has 29 heavy (non-hydrogen) atoms. The number of nitro benzene ring substituents is 1. The van der Waals surface area contributed by atoms with Gasteiger partial charge in [-0.15, -0.1) is 0 Å². The smallest absolute Gasteiger partial charge is 0.338 e. The number of piperidine rings is 1. The molecule has 0 spiro atoms. The third-order valence-corrected chi connectivity index (χ3v) is 5.90. The fraction of sp³-hybridized carbons (Fsp3) is 0.619. The first kappa shape index (κ1) is 21.1. The summed E-state index contributed by atoms with van der Waals surface area (Å²) in [7, 11) is 0. The average Bonchev–Trinajstić information content (AvgIpc) is 2.74. The van der Waals surface area contributed by atoms with Crippen LogP contribution in [0.25, 0.3) is 0 Å². The predicted molar refractivity (Wildman–Crippen MR) is 109 cm³/mol. The number of nitrogens with zero attached hydrogens (tertiary/aromatic N) is 2. The van der Waals surface area contributed by atoms with E-state index in [0.29, 0.717) is 11.6 Å². The molecule has 2 atom stereocenters. The van der Waals surface area contributed by atoms with E-state index in [2.05, 4.69) is 12.2 Å². The van der Waals surface area contributed by atoms with Crippen molar-refractivity contribution in [2.75, 3.05) is 24.6 Å². The van der Waals surface area contributed by atoms with E-state index in [-0.39, 0.29) is 29.8 Å². The number of carbonyl (C=O) groups excluding carboxylic acids is 2. The van der Waals surface area contributed by atoms with Crippen LogP contribution in [0.4, 0.5) is 11.4 Å². The highest BCUT2D eigenvalue weighted by atomic mass is 16.6. The first-order valence-corrected chi connectivity index (χ1v) is 10.5. The molecule has 3 rings (SSSR count). The van der Waals surface area contributed by atoms with Gasteiger partial charge in [0.2, 0.25) is 0 Å². The largest absolute Gasteiger partial charge is 0.452 e. The first-order chi connectivity index (χ1) is 14.0. The number of benzene rings is 1. The average molecular weight is 403 g/mol. The van der Waals surface area contributed by atoms with Crippen molar-refractivity contribution in [2.45, 2.75) is 57.9 Å². The standard InChI is InChI=1S/C21H29N3O5/c1-15-7-3-4-8-17(15)22-20(25)14-29-21(26)16-9-10-18(19(13-16)24(27)28)23-11-5-2-6-12-23/h9-10,13,15,17H,2-8,11-12,14H2,1H3,(H,22,25)/t15-,17-/m1/s1. The highest BCUT2D eigenvalue weighted by molar-refractivity contribution is 5.93. The molecule has 1 saturated heterocycles. The minimum atomic E-state index is -0.731. The monoisotopic (exact) mass is 403 g/mol. The maximum atomic E-state index is 12.3. The minimum Gasteiger partial charge on any atom is -0.452 e. The minimum absolute atomic E-state index is 0.0799. The molecule has 1 aromatic carbocycles. The molecule has 2 aliphatic rings. The number of carbonyl (C=O) groups is 2. The van der Waals surface area contributed by atoms with Crippen molar-refractivity contribution in [3.8, 4) is 0 Å². The van der Waals surface area contributed by atoms with Crippen molar-refractivity contribution in [1.82, 2.24) is 5.32 Å². The Balaban J connectivity index is 1.60. The number of amides is 1. The summed E-state index contributed by atoms with van der Waals surface area (Å²) in [5.74, 6) is -0.657. The molecule has 1 saturated carbocycles. The molecule has 1 aromatic rings. The second-order valence-electron chi connectivity index (χ2n) is 8.02. The van der Waals surface area contributed by atoms with E-state index in [1.54, 1.807) is 6.07 Å². The second kappa shape index (κ2) is 9.71. The van der Waals surface area contributed by atoms with Crippen molar-refractivity contribution in [1.29, 1.82) is 0 Å². The van der Waals surface area contributed by atoms with Gasteiger partial charge in [-0.3, -0.25) is 14.9 Å². The molecule has 0 unspecified atom stereocenters. The normalized spacial score (nSPS) is 22.0. The van der Waals surface area contributed by atoms with Crippen LogP contribution in [0, 0.1) is 16.0 Å². The summed E-state index contributed by atoms with van der Waals surface area (Å²) in [6.45, 7) is 3.26. The molecule has 2 fully saturated rings. The van der Waals surface area contributed by atoms with Crippen LogP contribution in [0.5, 0.6) is 0 Å². The van der Waals surface area contributed by atoms with Gasteiger partial charge in [0.15, 0.2) is 6.61 Å². The van der Waals surface area contributed by atoms with Gasteiger partial charge >= 0.3 is 5.97 Å². The summed E-state index contributed by atoms with van der Waals surface area (Å²) in [5.41, 5.74) is 0.494. The van der Waals surface area contributed by atoms with Gasteiger partial charge in [-0.05, 0) is 50.2 Å². The molecule has 1 heterocycles. The quantitative estimate of drug-likeness (QED) is 0.443. The molecular weight excluding hydrogens is 374 g/mol. The number of anilines is 1. The van der Waals surface area contributed by atoms with Crippen LogP contribution in [0.1, 0.15) is 62.2 Å². The zero-order valence-electron chi connectivity index (χ0n) is 16.9. The Hall–Kier alpha value is -2.64. The zero-order valence-corrected chi connectivity index (χ0v) is 16.9. The van der Waals surface area contributed by atoms with E-state index in [0.717, 1.165) is 51.6 Å². The molecule has 1 amide bonds. The topological polar surface area (TPSA) is 102 Å². The number of rotatable bonds is 6. The van der Waals surface area contributed by atoms with Crippen molar-refractivity contribution < 1.29 is 19.2 Å². The number of esters is 1. The van der Waals surface area contributed by atoms with Gasteiger partial charge in [-0.1, -0.05) is 19.8 Å². The molecule has 0 bridgehead atoms.